The van der Waals surface area contributed by atoms with Crippen LogP contribution >= 0.6 is 0 Å². The third-order valence-corrected chi connectivity index (χ3v) is 2.93. The van der Waals surface area contributed by atoms with Crippen LogP contribution in [0.3, 0.4) is 0 Å². The first-order valence-electron chi connectivity index (χ1n) is 7.31. The summed E-state index contributed by atoms with van der Waals surface area (Å²) in [6, 6.07) is 6.58. The van der Waals surface area contributed by atoms with Gasteiger partial charge in [0.25, 0.3) is 0 Å². The lowest BCUT2D eigenvalue weighted by atomic mass is 10.2. The van der Waals surface area contributed by atoms with Gasteiger partial charge in [0.2, 0.25) is 0 Å². The molecule has 0 unspecified atom stereocenters. The third kappa shape index (κ3) is 5.37. The highest BCUT2D eigenvalue weighted by Gasteiger charge is 2.17. The van der Waals surface area contributed by atoms with E-state index < -0.39 is 11.7 Å². The van der Waals surface area contributed by atoms with Crippen molar-refractivity contribution < 1.29 is 13.9 Å². The Hall–Kier alpha value is -2.41. The van der Waals surface area contributed by atoms with Gasteiger partial charge in [-0.25, -0.2) is 9.18 Å². The maximum atomic E-state index is 13.5. The van der Waals surface area contributed by atoms with Crippen molar-refractivity contribution in [2.45, 2.75) is 39.5 Å². The Morgan fingerprint density at radius 3 is 2.65 bits per heavy atom. The topological polar surface area (TPSA) is 79.0 Å². The Kier molecular flexibility index (Phi) is 5.33. The first-order valence-corrected chi connectivity index (χ1v) is 7.31. The van der Waals surface area contributed by atoms with E-state index in [0.29, 0.717) is 24.5 Å². The molecule has 0 atom stereocenters. The fourth-order valence-corrected chi connectivity index (χ4v) is 1.93. The summed E-state index contributed by atoms with van der Waals surface area (Å²) in [6.45, 7) is 6.17. The van der Waals surface area contributed by atoms with Gasteiger partial charge in [0.1, 0.15) is 17.2 Å². The number of aromatic nitrogens is 2. The summed E-state index contributed by atoms with van der Waals surface area (Å²) in [7, 11) is 0. The molecular weight excluding hydrogens is 299 g/mol. The SMILES string of the molecule is CC(C)(C)OC(=O)Nc1[nH]ncc1CNCc1ccccc1F. The van der Waals surface area contributed by atoms with Crippen LogP contribution in [-0.2, 0) is 17.8 Å². The zero-order valence-corrected chi connectivity index (χ0v) is 13.4. The molecule has 0 fully saturated rings. The molecular formula is C16H21FN4O2. The number of carbonyl (C=O) groups is 1. The number of amides is 1. The lowest BCUT2D eigenvalue weighted by Crippen LogP contribution is -2.27. The number of hydrogen-bond donors (Lipinski definition) is 3. The van der Waals surface area contributed by atoms with Crippen LogP contribution < -0.4 is 10.6 Å². The number of hydrogen-bond acceptors (Lipinski definition) is 4. The molecule has 6 nitrogen and oxygen atoms in total. The fraction of sp³-hybridized carbons (Fsp3) is 0.375. The molecule has 1 aromatic carbocycles. The Morgan fingerprint density at radius 2 is 1.96 bits per heavy atom. The van der Waals surface area contributed by atoms with E-state index in [-0.39, 0.29) is 5.82 Å². The summed E-state index contributed by atoms with van der Waals surface area (Å²) in [5, 5.41) is 12.3. The first-order chi connectivity index (χ1) is 10.8. The van der Waals surface area contributed by atoms with Gasteiger partial charge in [-0.15, -0.1) is 0 Å². The minimum atomic E-state index is -0.576. The van der Waals surface area contributed by atoms with Gasteiger partial charge in [0.05, 0.1) is 6.20 Å². The average molecular weight is 320 g/mol. The summed E-state index contributed by atoms with van der Waals surface area (Å²) < 4.78 is 18.7. The van der Waals surface area contributed by atoms with Crippen LogP contribution in [0.15, 0.2) is 30.5 Å². The highest BCUT2D eigenvalue weighted by Crippen LogP contribution is 2.14. The van der Waals surface area contributed by atoms with Gasteiger partial charge >= 0.3 is 6.09 Å². The molecule has 1 amide bonds. The molecule has 0 saturated heterocycles. The zero-order chi connectivity index (χ0) is 16.9. The van der Waals surface area contributed by atoms with Crippen LogP contribution in [0.4, 0.5) is 15.0 Å². The maximum Gasteiger partial charge on any atom is 0.413 e. The third-order valence-electron chi connectivity index (χ3n) is 2.93. The second kappa shape index (κ2) is 7.23. The van der Waals surface area contributed by atoms with Crippen molar-refractivity contribution in [2.75, 3.05) is 5.32 Å². The van der Waals surface area contributed by atoms with Crippen LogP contribution in [0.25, 0.3) is 0 Å². The Bertz CT molecular complexity index is 664. The summed E-state index contributed by atoms with van der Waals surface area (Å²) >= 11 is 0. The molecule has 0 aliphatic carbocycles. The highest BCUT2D eigenvalue weighted by molar-refractivity contribution is 5.84. The molecule has 23 heavy (non-hydrogen) atoms. The van der Waals surface area contributed by atoms with Gasteiger partial charge in [0, 0.05) is 24.2 Å². The number of aromatic amines is 1. The number of ether oxygens (including phenoxy) is 1. The van der Waals surface area contributed by atoms with Crippen LogP contribution in [0.2, 0.25) is 0 Å². The number of H-pyrrole nitrogens is 1. The smallest absolute Gasteiger partial charge is 0.413 e. The van der Waals surface area contributed by atoms with Crippen molar-refractivity contribution in [3.63, 3.8) is 0 Å². The van der Waals surface area contributed by atoms with Crippen molar-refractivity contribution in [2.24, 2.45) is 0 Å². The standard InChI is InChI=1S/C16H21FN4O2/c1-16(2,3)23-15(22)20-14-12(10-19-21-14)9-18-8-11-6-4-5-7-13(11)17/h4-7,10,18H,8-9H2,1-3H3,(H2,19,20,21,22). The van der Waals surface area contributed by atoms with Gasteiger partial charge in [0.15, 0.2) is 0 Å². The molecule has 0 aliphatic rings. The second-order valence-electron chi connectivity index (χ2n) is 6.09. The number of rotatable bonds is 5. The summed E-state index contributed by atoms with van der Waals surface area (Å²) in [4.78, 5) is 11.8. The van der Waals surface area contributed by atoms with Crippen molar-refractivity contribution >= 4 is 11.9 Å². The van der Waals surface area contributed by atoms with Gasteiger partial charge in [-0.2, -0.15) is 5.10 Å². The number of carbonyl (C=O) groups excluding carboxylic acids is 1. The average Bonchev–Trinajstić information content (AvgIpc) is 2.86. The summed E-state index contributed by atoms with van der Waals surface area (Å²) in [5.74, 6) is 0.208. The Morgan fingerprint density at radius 1 is 1.26 bits per heavy atom. The summed E-state index contributed by atoms with van der Waals surface area (Å²) in [5.41, 5.74) is 0.762. The van der Waals surface area contributed by atoms with E-state index in [1.807, 2.05) is 0 Å². The monoisotopic (exact) mass is 320 g/mol. The molecule has 2 rings (SSSR count). The van der Waals surface area contributed by atoms with Gasteiger partial charge < -0.3 is 10.1 Å². The fourth-order valence-electron chi connectivity index (χ4n) is 1.93. The predicted molar refractivity (Wildman–Crippen MR) is 85.4 cm³/mol. The second-order valence-corrected chi connectivity index (χ2v) is 6.09. The van der Waals surface area contributed by atoms with E-state index in [4.69, 9.17) is 4.74 Å². The molecule has 1 aromatic heterocycles. The van der Waals surface area contributed by atoms with Crippen LogP contribution in [0, 0.1) is 5.82 Å². The number of anilines is 1. The normalized spacial score (nSPS) is 11.3. The first kappa shape index (κ1) is 17.0. The highest BCUT2D eigenvalue weighted by atomic mass is 19.1. The number of benzene rings is 1. The van der Waals surface area contributed by atoms with E-state index >= 15 is 0 Å². The molecule has 0 aliphatic heterocycles. The minimum Gasteiger partial charge on any atom is -0.444 e. The van der Waals surface area contributed by atoms with E-state index in [9.17, 15) is 9.18 Å². The minimum absolute atomic E-state index is 0.251. The van der Waals surface area contributed by atoms with Crippen LogP contribution in [-0.4, -0.2) is 21.9 Å². The van der Waals surface area contributed by atoms with E-state index in [1.165, 1.54) is 6.07 Å². The van der Waals surface area contributed by atoms with Crippen molar-refractivity contribution in [1.29, 1.82) is 0 Å². The van der Waals surface area contributed by atoms with Crippen LogP contribution in [0.1, 0.15) is 31.9 Å². The summed E-state index contributed by atoms with van der Waals surface area (Å²) in [6.07, 6.45) is 1.04. The predicted octanol–water partition coefficient (Wildman–Crippen LogP) is 3.19. The van der Waals surface area contributed by atoms with Crippen molar-refractivity contribution in [3.8, 4) is 0 Å². The zero-order valence-electron chi connectivity index (χ0n) is 13.4. The molecule has 124 valence electrons. The van der Waals surface area contributed by atoms with E-state index in [2.05, 4.69) is 20.8 Å². The largest absolute Gasteiger partial charge is 0.444 e. The molecule has 3 N–H and O–H groups in total. The lowest BCUT2D eigenvalue weighted by molar-refractivity contribution is 0.0635. The number of nitrogens with zero attached hydrogens (tertiary/aromatic N) is 1. The van der Waals surface area contributed by atoms with E-state index in [1.54, 1.807) is 45.2 Å². The van der Waals surface area contributed by atoms with Crippen molar-refractivity contribution in [3.05, 3.63) is 47.4 Å². The lowest BCUT2D eigenvalue weighted by Gasteiger charge is -2.19. The molecule has 2 aromatic rings. The van der Waals surface area contributed by atoms with Crippen LogP contribution in [0.5, 0.6) is 0 Å². The maximum absolute atomic E-state index is 13.5. The molecule has 1 heterocycles. The molecule has 0 bridgehead atoms. The molecule has 0 spiro atoms. The molecule has 0 radical (unpaired) electrons. The molecule has 0 saturated carbocycles. The number of halogens is 1. The molecule has 7 heteroatoms. The quantitative estimate of drug-likeness (QED) is 0.790. The van der Waals surface area contributed by atoms with Gasteiger partial charge in [-0.05, 0) is 26.8 Å². The number of nitrogens with one attached hydrogen (secondary N) is 3. The van der Waals surface area contributed by atoms with Crippen molar-refractivity contribution in [1.82, 2.24) is 15.5 Å². The van der Waals surface area contributed by atoms with Gasteiger partial charge in [-0.1, -0.05) is 18.2 Å². The Labute approximate surface area is 134 Å². The van der Waals surface area contributed by atoms with E-state index in [0.717, 1.165) is 5.56 Å². The van der Waals surface area contributed by atoms with Gasteiger partial charge in [-0.3, -0.25) is 10.4 Å². The Balaban J connectivity index is 1.89.